The maximum absolute atomic E-state index is 13.7. The third-order valence-corrected chi connectivity index (χ3v) is 6.99. The third-order valence-electron chi connectivity index (χ3n) is 6.17. The molecular formula is C27H22FN3O4S. The van der Waals surface area contributed by atoms with E-state index in [0.717, 1.165) is 0 Å². The van der Waals surface area contributed by atoms with Crippen LogP contribution in [-0.2, 0) is 17.3 Å². The number of pyridine rings is 1. The number of fused-ring (bicyclic) bond motifs is 4. The summed E-state index contributed by atoms with van der Waals surface area (Å²) in [6.07, 6.45) is 0. The Morgan fingerprint density at radius 1 is 1.11 bits per heavy atom. The van der Waals surface area contributed by atoms with Crippen LogP contribution in [0, 0.1) is 17.2 Å². The van der Waals surface area contributed by atoms with Crippen LogP contribution in [0.3, 0.4) is 0 Å². The minimum Gasteiger partial charge on any atom is -0.493 e. The van der Waals surface area contributed by atoms with Crippen LogP contribution in [-0.4, -0.2) is 24.6 Å². The lowest BCUT2D eigenvalue weighted by atomic mass is 10.0. The first-order valence-electron chi connectivity index (χ1n) is 11.3. The van der Waals surface area contributed by atoms with Crippen molar-refractivity contribution in [3.8, 4) is 22.9 Å². The quantitative estimate of drug-likeness (QED) is 0.323. The van der Waals surface area contributed by atoms with Crippen LogP contribution in [0.2, 0.25) is 0 Å². The molecule has 9 heteroatoms. The molecular weight excluding hydrogens is 481 g/mol. The topological polar surface area (TPSA) is 105 Å². The van der Waals surface area contributed by atoms with Crippen LogP contribution in [0.25, 0.3) is 44.0 Å². The molecule has 36 heavy (non-hydrogen) atoms. The molecule has 0 aliphatic heterocycles. The van der Waals surface area contributed by atoms with E-state index < -0.39 is 15.1 Å². The molecule has 5 aromatic rings. The molecule has 0 atom stereocenters. The minimum atomic E-state index is -4.90. The van der Waals surface area contributed by atoms with Gasteiger partial charge in [-0.25, -0.2) is 0 Å². The Kier molecular flexibility index (Phi) is 5.57. The zero-order valence-electron chi connectivity index (χ0n) is 19.8. The summed E-state index contributed by atoms with van der Waals surface area (Å²) in [4.78, 5) is 16.5. The number of nitrogens with one attached hydrogen (secondary N) is 1. The van der Waals surface area contributed by atoms with Gasteiger partial charge in [-0.3, -0.25) is 4.79 Å². The van der Waals surface area contributed by atoms with Crippen molar-refractivity contribution < 1.29 is 17.0 Å². The average molecular weight is 504 g/mol. The predicted octanol–water partition coefficient (Wildman–Crippen LogP) is 5.40. The standard InChI is InChI=1S/C27H22FN3O4S/c1-15(2)14-35-24-12-21-23(11-20(24)17-5-4-6-18(10-17)36(28,33)34)31(3)27-25(26(21)32)19-8-7-16(13-29)9-22(19)30-27/h4-12,15,30H,14H2,1-3H3. The summed E-state index contributed by atoms with van der Waals surface area (Å²) in [5.74, 6) is 0.590. The molecule has 1 N–H and O–H groups in total. The van der Waals surface area contributed by atoms with E-state index in [1.807, 2.05) is 25.5 Å². The van der Waals surface area contributed by atoms with Crippen LogP contribution in [0.4, 0.5) is 3.89 Å². The second-order valence-corrected chi connectivity index (χ2v) is 10.5. The Hall–Kier alpha value is -4.16. The van der Waals surface area contributed by atoms with Gasteiger partial charge in [0.25, 0.3) is 0 Å². The largest absolute Gasteiger partial charge is 0.493 e. The van der Waals surface area contributed by atoms with E-state index in [9.17, 15) is 22.4 Å². The summed E-state index contributed by atoms with van der Waals surface area (Å²) < 4.78 is 44.7. The van der Waals surface area contributed by atoms with Crippen LogP contribution in [0.15, 0.2) is 64.3 Å². The van der Waals surface area contributed by atoms with Gasteiger partial charge in [-0.15, -0.1) is 3.89 Å². The van der Waals surface area contributed by atoms with Crippen LogP contribution < -0.4 is 10.2 Å². The van der Waals surface area contributed by atoms with E-state index in [0.29, 0.717) is 61.9 Å². The molecule has 0 amide bonds. The first kappa shape index (κ1) is 23.6. The van der Waals surface area contributed by atoms with Gasteiger partial charge >= 0.3 is 10.2 Å². The van der Waals surface area contributed by atoms with Gasteiger partial charge in [-0.2, -0.15) is 13.7 Å². The van der Waals surface area contributed by atoms with Gasteiger partial charge in [0.05, 0.1) is 39.4 Å². The molecule has 0 aliphatic rings. The second-order valence-electron chi connectivity index (χ2n) is 9.14. The number of ether oxygens (including phenoxy) is 1. The van der Waals surface area contributed by atoms with Crippen molar-refractivity contribution in [2.45, 2.75) is 18.7 Å². The number of rotatable bonds is 5. The molecule has 0 bridgehead atoms. The third kappa shape index (κ3) is 3.89. The van der Waals surface area contributed by atoms with E-state index >= 15 is 0 Å². The second kappa shape index (κ2) is 8.50. The maximum Gasteiger partial charge on any atom is 0.332 e. The number of hydrogen-bond acceptors (Lipinski definition) is 5. The molecule has 7 nitrogen and oxygen atoms in total. The maximum atomic E-state index is 13.7. The molecule has 0 aliphatic carbocycles. The van der Waals surface area contributed by atoms with Crippen molar-refractivity contribution in [1.82, 2.24) is 9.55 Å². The summed E-state index contributed by atoms with van der Waals surface area (Å²) >= 11 is 0. The van der Waals surface area contributed by atoms with Crippen LogP contribution in [0.1, 0.15) is 19.4 Å². The highest BCUT2D eigenvalue weighted by Gasteiger charge is 2.20. The number of H-pyrrole nitrogens is 1. The first-order valence-corrected chi connectivity index (χ1v) is 12.7. The fourth-order valence-electron chi connectivity index (χ4n) is 4.43. The zero-order valence-corrected chi connectivity index (χ0v) is 20.6. The number of benzene rings is 3. The van der Waals surface area contributed by atoms with E-state index in [1.54, 1.807) is 36.4 Å². The van der Waals surface area contributed by atoms with Crippen molar-refractivity contribution in [3.63, 3.8) is 0 Å². The fourth-order valence-corrected chi connectivity index (χ4v) is 4.94. The van der Waals surface area contributed by atoms with Gasteiger partial charge in [0.2, 0.25) is 0 Å². The predicted molar refractivity (Wildman–Crippen MR) is 137 cm³/mol. The van der Waals surface area contributed by atoms with E-state index in [4.69, 9.17) is 4.74 Å². The molecule has 0 radical (unpaired) electrons. The minimum absolute atomic E-state index is 0.194. The monoisotopic (exact) mass is 503 g/mol. The first-order chi connectivity index (χ1) is 17.1. The average Bonchev–Trinajstić information content (AvgIpc) is 3.24. The Bertz CT molecular complexity index is 1900. The normalized spacial score (nSPS) is 12.0. The summed E-state index contributed by atoms with van der Waals surface area (Å²) in [5.41, 5.74) is 3.09. The zero-order chi connectivity index (χ0) is 25.8. The van der Waals surface area contributed by atoms with Gasteiger partial charge in [0.15, 0.2) is 5.43 Å². The molecule has 0 spiro atoms. The number of halogens is 1. The highest BCUT2D eigenvalue weighted by atomic mass is 32.3. The number of nitriles is 1. The summed E-state index contributed by atoms with van der Waals surface area (Å²) in [6.45, 7) is 4.34. The Morgan fingerprint density at radius 2 is 1.89 bits per heavy atom. The summed E-state index contributed by atoms with van der Waals surface area (Å²) in [5, 5.41) is 10.9. The van der Waals surface area contributed by atoms with Crippen molar-refractivity contribution in [2.75, 3.05) is 6.61 Å². The van der Waals surface area contributed by atoms with Crippen molar-refractivity contribution in [1.29, 1.82) is 5.26 Å². The van der Waals surface area contributed by atoms with Gasteiger partial charge in [-0.05, 0) is 47.9 Å². The number of nitrogens with zero attached hydrogens (tertiary/aromatic N) is 2. The van der Waals surface area contributed by atoms with Crippen molar-refractivity contribution in [2.24, 2.45) is 13.0 Å². The van der Waals surface area contributed by atoms with Crippen molar-refractivity contribution >= 4 is 43.1 Å². The summed E-state index contributed by atoms with van der Waals surface area (Å²) in [7, 11) is -3.09. The molecule has 2 heterocycles. The number of aryl methyl sites for hydroxylation is 1. The van der Waals surface area contributed by atoms with Gasteiger partial charge in [0.1, 0.15) is 11.4 Å². The lowest BCUT2D eigenvalue weighted by molar-refractivity contribution is 0.272. The molecule has 2 aromatic heterocycles. The smallest absolute Gasteiger partial charge is 0.332 e. The molecule has 0 fully saturated rings. The van der Waals surface area contributed by atoms with E-state index in [-0.39, 0.29) is 11.3 Å². The van der Waals surface area contributed by atoms with E-state index in [1.165, 1.54) is 18.2 Å². The molecule has 0 saturated heterocycles. The van der Waals surface area contributed by atoms with Gasteiger partial charge < -0.3 is 14.3 Å². The lowest BCUT2D eigenvalue weighted by Crippen LogP contribution is -2.11. The van der Waals surface area contributed by atoms with Crippen LogP contribution in [0.5, 0.6) is 5.75 Å². The molecule has 182 valence electrons. The Labute approximate surface area is 206 Å². The Morgan fingerprint density at radius 3 is 2.58 bits per heavy atom. The van der Waals surface area contributed by atoms with Gasteiger partial charge in [-0.1, -0.05) is 32.0 Å². The molecule has 5 rings (SSSR count). The summed E-state index contributed by atoms with van der Waals surface area (Å²) in [6, 6.07) is 16.2. The highest BCUT2D eigenvalue weighted by Crippen LogP contribution is 2.36. The fraction of sp³-hybridized carbons (Fsp3) is 0.185. The van der Waals surface area contributed by atoms with Crippen LogP contribution >= 0.6 is 0 Å². The van der Waals surface area contributed by atoms with Gasteiger partial charge in [0, 0.05) is 23.5 Å². The van der Waals surface area contributed by atoms with E-state index in [2.05, 4.69) is 11.1 Å². The highest BCUT2D eigenvalue weighted by molar-refractivity contribution is 7.86. The number of aromatic nitrogens is 2. The number of hydrogen-bond donors (Lipinski definition) is 1. The molecule has 0 saturated carbocycles. The molecule has 0 unspecified atom stereocenters. The lowest BCUT2D eigenvalue weighted by Gasteiger charge is -2.17. The molecule has 3 aromatic carbocycles. The van der Waals surface area contributed by atoms with Crippen molar-refractivity contribution in [3.05, 3.63) is 70.4 Å². The SMILES string of the molecule is CC(C)COc1cc2c(=O)c3c4ccc(C#N)cc4[nH]c3n(C)c2cc1-c1cccc(S(=O)(=O)F)c1. The Balaban J connectivity index is 1.85. The number of aromatic amines is 1.